The highest BCUT2D eigenvalue weighted by atomic mass is 32.2. The maximum atomic E-state index is 6.59. The SMILES string of the molecule is c1cc(-c2nc(-c3cccc4c3oc3ccccc34)c3c(n2)sc2ccccc23)cc(-n2c3ccccc3c3c4cccc5c4n(c32)-c2ccccc2S5)c1. The molecule has 13 rings (SSSR count). The Morgan fingerprint density at radius 2 is 1.29 bits per heavy atom. The Morgan fingerprint density at radius 3 is 2.25 bits per heavy atom. The Balaban J connectivity index is 1.10. The number of fused-ring (bicyclic) bond motifs is 13. The van der Waals surface area contributed by atoms with Gasteiger partial charge >= 0.3 is 0 Å². The molecule has 0 fully saturated rings. The van der Waals surface area contributed by atoms with Crippen molar-refractivity contribution < 1.29 is 4.42 Å². The first-order chi connectivity index (χ1) is 27.3. The molecule has 5 nitrogen and oxygen atoms in total. The molecule has 1 aliphatic rings. The van der Waals surface area contributed by atoms with Gasteiger partial charge in [0.15, 0.2) is 5.82 Å². The summed E-state index contributed by atoms with van der Waals surface area (Å²) in [4.78, 5) is 14.3. The van der Waals surface area contributed by atoms with Gasteiger partial charge in [0, 0.05) is 69.0 Å². The molecule has 0 bridgehead atoms. The number of furan rings is 1. The number of thiophene rings is 1. The second-order valence-electron chi connectivity index (χ2n) is 14.1. The lowest BCUT2D eigenvalue weighted by Crippen LogP contribution is -2.05. The zero-order valence-corrected chi connectivity index (χ0v) is 30.7. The molecule has 256 valence electrons. The summed E-state index contributed by atoms with van der Waals surface area (Å²) in [6.45, 7) is 0. The first-order valence-corrected chi connectivity index (χ1v) is 20.0. The minimum absolute atomic E-state index is 0.683. The summed E-state index contributed by atoms with van der Waals surface area (Å²) in [6.07, 6.45) is 0. The molecule has 0 unspecified atom stereocenters. The van der Waals surface area contributed by atoms with Gasteiger partial charge in [0.05, 0.1) is 22.4 Å². The fraction of sp³-hybridized carbons (Fsp3) is 0. The summed E-state index contributed by atoms with van der Waals surface area (Å²) >= 11 is 3.56. The van der Waals surface area contributed by atoms with Crippen molar-refractivity contribution in [1.29, 1.82) is 0 Å². The molecule has 0 spiro atoms. The van der Waals surface area contributed by atoms with Crippen LogP contribution in [0.15, 0.2) is 172 Å². The van der Waals surface area contributed by atoms with Crippen molar-refractivity contribution in [1.82, 2.24) is 19.1 Å². The quantitative estimate of drug-likeness (QED) is 0.181. The van der Waals surface area contributed by atoms with E-state index in [2.05, 4.69) is 155 Å². The van der Waals surface area contributed by atoms with Gasteiger partial charge in [-0.1, -0.05) is 115 Å². The van der Waals surface area contributed by atoms with Gasteiger partial charge in [-0.25, -0.2) is 9.97 Å². The highest BCUT2D eigenvalue weighted by molar-refractivity contribution is 7.99. The van der Waals surface area contributed by atoms with Crippen LogP contribution in [0.2, 0.25) is 0 Å². The molecule has 0 saturated heterocycles. The largest absolute Gasteiger partial charge is 0.455 e. The Hall–Kier alpha value is -6.67. The van der Waals surface area contributed by atoms with Crippen LogP contribution in [0.25, 0.3) is 109 Å². The van der Waals surface area contributed by atoms with Gasteiger partial charge in [-0.05, 0) is 54.6 Å². The van der Waals surface area contributed by atoms with Crippen LogP contribution >= 0.6 is 23.1 Å². The second kappa shape index (κ2) is 10.9. The summed E-state index contributed by atoms with van der Waals surface area (Å²) in [7, 11) is 0. The maximum Gasteiger partial charge on any atom is 0.161 e. The van der Waals surface area contributed by atoms with E-state index in [-0.39, 0.29) is 0 Å². The molecule has 0 N–H and O–H groups in total. The Morgan fingerprint density at radius 1 is 0.545 bits per heavy atom. The van der Waals surface area contributed by atoms with E-state index < -0.39 is 0 Å². The lowest BCUT2D eigenvalue weighted by Gasteiger charge is -2.21. The van der Waals surface area contributed by atoms with Gasteiger partial charge in [-0.15, -0.1) is 11.3 Å². The van der Waals surface area contributed by atoms with Gasteiger partial charge in [-0.2, -0.15) is 0 Å². The molecule has 55 heavy (non-hydrogen) atoms. The number of rotatable bonds is 3. The van der Waals surface area contributed by atoms with Crippen molar-refractivity contribution >= 4 is 98.2 Å². The van der Waals surface area contributed by atoms with Crippen LogP contribution in [0, 0.1) is 0 Å². The normalized spacial score (nSPS) is 12.7. The van der Waals surface area contributed by atoms with Crippen LogP contribution < -0.4 is 0 Å². The van der Waals surface area contributed by atoms with Gasteiger partial charge in [0.1, 0.15) is 21.6 Å². The van der Waals surface area contributed by atoms with Crippen LogP contribution in [0.4, 0.5) is 0 Å². The fourth-order valence-electron chi connectivity index (χ4n) is 8.85. The van der Waals surface area contributed by atoms with Crippen LogP contribution in [0.5, 0.6) is 0 Å². The molecule has 5 aromatic heterocycles. The van der Waals surface area contributed by atoms with Gasteiger partial charge in [0.25, 0.3) is 0 Å². The van der Waals surface area contributed by atoms with E-state index in [1.165, 1.54) is 41.9 Å². The molecule has 0 atom stereocenters. The van der Waals surface area contributed by atoms with E-state index in [1.54, 1.807) is 11.3 Å². The lowest BCUT2D eigenvalue weighted by atomic mass is 10.0. The average molecular weight is 739 g/mol. The average Bonchev–Trinajstić information content (AvgIpc) is 3.99. The van der Waals surface area contributed by atoms with Crippen molar-refractivity contribution in [2.45, 2.75) is 9.79 Å². The summed E-state index contributed by atoms with van der Waals surface area (Å²) in [5.74, 6) is 0.683. The number of nitrogens with zero attached hydrogens (tertiary/aromatic N) is 4. The fourth-order valence-corrected chi connectivity index (χ4v) is 11.0. The first kappa shape index (κ1) is 29.7. The van der Waals surface area contributed by atoms with Crippen molar-refractivity contribution in [3.63, 3.8) is 0 Å². The summed E-state index contributed by atoms with van der Waals surface area (Å²) < 4.78 is 12.7. The van der Waals surface area contributed by atoms with Crippen molar-refractivity contribution in [3.8, 4) is 34.0 Å². The highest BCUT2D eigenvalue weighted by Crippen LogP contribution is 2.50. The first-order valence-electron chi connectivity index (χ1n) is 18.3. The van der Waals surface area contributed by atoms with Crippen LogP contribution in [-0.2, 0) is 0 Å². The minimum Gasteiger partial charge on any atom is -0.455 e. The smallest absolute Gasteiger partial charge is 0.161 e. The topological polar surface area (TPSA) is 48.8 Å². The maximum absolute atomic E-state index is 6.59. The van der Waals surface area contributed by atoms with Gasteiger partial charge in [0.2, 0.25) is 0 Å². The molecule has 7 aromatic carbocycles. The van der Waals surface area contributed by atoms with Crippen LogP contribution in [-0.4, -0.2) is 19.1 Å². The van der Waals surface area contributed by atoms with Crippen LogP contribution in [0.3, 0.4) is 0 Å². The van der Waals surface area contributed by atoms with E-state index in [4.69, 9.17) is 14.4 Å². The standard InChI is InChI=1S/C48H26N4OS2/c1-4-20-35-31(15-1)41-33-18-11-25-40-44(33)52(36-21-5-8-24-39(36)54-40)48(41)51(35)28-13-9-12-27(26-28)46-49-43(42-32-16-3-7-23-38(32)55-47(42)50-46)34-19-10-17-30-29-14-2-6-22-37(29)53-45(30)34/h1-26H. The zero-order valence-electron chi connectivity index (χ0n) is 29.0. The molecular weight excluding hydrogens is 713 g/mol. The lowest BCUT2D eigenvalue weighted by molar-refractivity contribution is 0.670. The van der Waals surface area contributed by atoms with E-state index in [1.807, 2.05) is 23.9 Å². The summed E-state index contributed by atoms with van der Waals surface area (Å²) in [6, 6.07) is 56.1. The second-order valence-corrected chi connectivity index (χ2v) is 16.2. The van der Waals surface area contributed by atoms with Crippen molar-refractivity contribution in [2.24, 2.45) is 0 Å². The molecule has 12 aromatic rings. The number of aromatic nitrogens is 4. The van der Waals surface area contributed by atoms with E-state index in [9.17, 15) is 0 Å². The third-order valence-corrected chi connectivity index (χ3v) is 13.3. The third-order valence-electron chi connectivity index (χ3n) is 11.1. The van der Waals surface area contributed by atoms with Crippen LogP contribution in [0.1, 0.15) is 0 Å². The molecule has 0 aliphatic carbocycles. The summed E-state index contributed by atoms with van der Waals surface area (Å²) in [5, 5.41) is 8.15. The third kappa shape index (κ3) is 4.03. The number of benzene rings is 7. The molecule has 6 heterocycles. The van der Waals surface area contributed by atoms with E-state index in [0.29, 0.717) is 5.82 Å². The molecule has 0 radical (unpaired) electrons. The van der Waals surface area contributed by atoms with E-state index in [0.717, 1.165) is 71.2 Å². The predicted molar refractivity (Wildman–Crippen MR) is 228 cm³/mol. The Bertz CT molecular complexity index is 3600. The monoisotopic (exact) mass is 738 g/mol. The molecule has 0 saturated carbocycles. The zero-order chi connectivity index (χ0) is 35.8. The van der Waals surface area contributed by atoms with Gasteiger partial charge in [-0.3, -0.25) is 9.13 Å². The molecule has 0 amide bonds. The Kier molecular flexibility index (Phi) is 5.92. The van der Waals surface area contributed by atoms with Crippen molar-refractivity contribution in [2.75, 3.05) is 0 Å². The molecule has 1 aliphatic heterocycles. The van der Waals surface area contributed by atoms with Gasteiger partial charge < -0.3 is 4.42 Å². The highest BCUT2D eigenvalue weighted by Gasteiger charge is 2.28. The summed E-state index contributed by atoms with van der Waals surface area (Å²) in [5.41, 5.74) is 10.3. The minimum atomic E-state index is 0.683. The van der Waals surface area contributed by atoms with Crippen molar-refractivity contribution in [3.05, 3.63) is 158 Å². The number of para-hydroxylation sites is 5. The number of hydrogen-bond donors (Lipinski definition) is 0. The molecular formula is C48H26N4OS2. The van der Waals surface area contributed by atoms with E-state index >= 15 is 0 Å². The molecule has 7 heteroatoms. The Labute approximate surface area is 321 Å². The predicted octanol–water partition coefficient (Wildman–Crippen LogP) is 13.6. The number of hydrogen-bond acceptors (Lipinski definition) is 5.